The van der Waals surface area contributed by atoms with Gasteiger partial charge < -0.3 is 32.5 Å². The fourth-order valence-electron chi connectivity index (χ4n) is 2.74. The first-order valence-electron chi connectivity index (χ1n) is 10.2. The lowest BCUT2D eigenvalue weighted by molar-refractivity contribution is -0.138. The second-order valence-corrected chi connectivity index (χ2v) is 7.70. The topological polar surface area (TPSA) is 194 Å². The van der Waals surface area contributed by atoms with Crippen LogP contribution in [0, 0.1) is 5.92 Å². The lowest BCUT2D eigenvalue weighted by Gasteiger charge is -2.25. The molecule has 8 N–H and O–H groups in total. The summed E-state index contributed by atoms with van der Waals surface area (Å²) in [5, 5.41) is 16.0. The quantitative estimate of drug-likeness (QED) is 0.214. The smallest absolute Gasteiger partial charge is 0.322 e. The predicted octanol–water partition coefficient (Wildman–Crippen LogP) is -1.35. The van der Waals surface area contributed by atoms with E-state index in [-0.39, 0.29) is 25.2 Å². The van der Waals surface area contributed by atoms with Gasteiger partial charge in [-0.05, 0) is 17.9 Å². The van der Waals surface area contributed by atoms with E-state index < -0.39 is 54.3 Å². The number of hydrogen-bond donors (Lipinski definition) is 6. The number of hydrogen-bond acceptors (Lipinski definition) is 6. The number of rotatable bonds is 13. The maximum Gasteiger partial charge on any atom is 0.322 e. The van der Waals surface area contributed by atoms with Crippen LogP contribution >= 0.6 is 0 Å². The number of benzene rings is 1. The Balaban J connectivity index is 3.03. The Hall–Kier alpha value is -3.47. The molecule has 1 rings (SSSR count). The molecule has 3 atom stereocenters. The van der Waals surface area contributed by atoms with Crippen molar-refractivity contribution in [1.82, 2.24) is 16.0 Å². The van der Waals surface area contributed by atoms with Crippen molar-refractivity contribution >= 4 is 29.6 Å². The van der Waals surface area contributed by atoms with Gasteiger partial charge in [-0.2, -0.15) is 0 Å². The van der Waals surface area contributed by atoms with E-state index in [1.54, 1.807) is 44.2 Å². The molecule has 11 heteroatoms. The fourth-order valence-corrected chi connectivity index (χ4v) is 2.74. The van der Waals surface area contributed by atoms with Gasteiger partial charge in [0.1, 0.15) is 18.6 Å². The summed E-state index contributed by atoms with van der Waals surface area (Å²) in [6.07, 6.45) is -0.216. The van der Waals surface area contributed by atoms with E-state index in [2.05, 4.69) is 16.0 Å². The van der Waals surface area contributed by atoms with Crippen LogP contribution in [0.5, 0.6) is 0 Å². The Kier molecular flexibility index (Phi) is 10.8. The zero-order valence-corrected chi connectivity index (χ0v) is 18.2. The monoisotopic (exact) mass is 449 g/mol. The molecule has 0 heterocycles. The van der Waals surface area contributed by atoms with Crippen molar-refractivity contribution in [3.8, 4) is 0 Å². The van der Waals surface area contributed by atoms with E-state index in [1.807, 2.05) is 0 Å². The van der Waals surface area contributed by atoms with E-state index >= 15 is 0 Å². The number of primary amides is 1. The van der Waals surface area contributed by atoms with Gasteiger partial charge in [0.05, 0.1) is 6.04 Å². The summed E-state index contributed by atoms with van der Waals surface area (Å²) in [5.74, 6) is -4.12. The number of amides is 4. The number of carbonyl (C=O) groups is 5. The van der Waals surface area contributed by atoms with Crippen LogP contribution in [0.2, 0.25) is 0 Å². The summed E-state index contributed by atoms with van der Waals surface area (Å²) in [6, 6.07) is 5.80. The number of carbonyl (C=O) groups excluding carboxylic acids is 4. The lowest BCUT2D eigenvalue weighted by atomic mass is 10.0. The predicted molar refractivity (Wildman–Crippen MR) is 116 cm³/mol. The molecule has 0 aliphatic carbocycles. The average Bonchev–Trinajstić information content (AvgIpc) is 2.74. The molecule has 0 fully saturated rings. The van der Waals surface area contributed by atoms with Crippen LogP contribution in [-0.4, -0.2) is 59.4 Å². The van der Waals surface area contributed by atoms with Crippen LogP contribution < -0.4 is 27.4 Å². The molecule has 32 heavy (non-hydrogen) atoms. The van der Waals surface area contributed by atoms with Gasteiger partial charge in [-0.25, -0.2) is 0 Å². The van der Waals surface area contributed by atoms with Gasteiger partial charge in [0, 0.05) is 12.8 Å². The zero-order chi connectivity index (χ0) is 24.3. The Morgan fingerprint density at radius 3 is 2.06 bits per heavy atom. The molecule has 1 aromatic carbocycles. The highest BCUT2D eigenvalue weighted by molar-refractivity contribution is 5.94. The van der Waals surface area contributed by atoms with E-state index in [0.29, 0.717) is 0 Å². The van der Waals surface area contributed by atoms with Crippen molar-refractivity contribution in [2.45, 2.75) is 51.2 Å². The highest BCUT2D eigenvalue weighted by Crippen LogP contribution is 2.07. The summed E-state index contributed by atoms with van der Waals surface area (Å²) >= 11 is 0. The molecule has 0 saturated heterocycles. The number of nitrogens with one attached hydrogen (secondary N) is 3. The molecule has 3 unspecified atom stereocenters. The first kappa shape index (κ1) is 26.6. The minimum atomic E-state index is -1.27. The first-order valence-corrected chi connectivity index (χ1v) is 10.2. The molecule has 0 aromatic heterocycles. The normalized spacial score (nSPS) is 13.5. The fraction of sp³-hybridized carbons (Fsp3) is 0.476. The standard InChI is InChI=1S/C21H31N5O6/c1-12(2)18(23)21(32)26-15(10-13-6-4-3-5-7-13)20(31)25-14(8-9-16(22)27)19(30)24-11-17(28)29/h3-7,12,14-15,18H,8-11,23H2,1-2H3,(H2,22,27)(H,24,30)(H,25,31)(H,26,32)(H,28,29). The number of aliphatic carboxylic acids is 1. The maximum atomic E-state index is 13.0. The maximum absolute atomic E-state index is 13.0. The Morgan fingerprint density at radius 1 is 0.938 bits per heavy atom. The molecule has 11 nitrogen and oxygen atoms in total. The van der Waals surface area contributed by atoms with Crippen LogP contribution in [0.1, 0.15) is 32.3 Å². The molecule has 0 radical (unpaired) electrons. The van der Waals surface area contributed by atoms with Crippen molar-refractivity contribution in [2.24, 2.45) is 17.4 Å². The molecule has 0 spiro atoms. The number of carboxylic acid groups (broad SMARTS) is 1. The molecule has 0 bridgehead atoms. The second kappa shape index (κ2) is 13.1. The van der Waals surface area contributed by atoms with Crippen molar-refractivity contribution in [2.75, 3.05) is 6.54 Å². The summed E-state index contributed by atoms with van der Waals surface area (Å²) in [5.41, 5.74) is 11.8. The Labute approximate surface area is 186 Å². The average molecular weight is 450 g/mol. The van der Waals surface area contributed by atoms with Gasteiger partial charge in [0.25, 0.3) is 0 Å². The van der Waals surface area contributed by atoms with Crippen molar-refractivity contribution in [3.05, 3.63) is 35.9 Å². The van der Waals surface area contributed by atoms with Crippen LogP contribution in [-0.2, 0) is 30.4 Å². The van der Waals surface area contributed by atoms with E-state index in [1.165, 1.54) is 0 Å². The van der Waals surface area contributed by atoms with Crippen LogP contribution in [0.15, 0.2) is 30.3 Å². The molecule has 0 saturated carbocycles. The van der Waals surface area contributed by atoms with Gasteiger partial charge in [0.2, 0.25) is 23.6 Å². The minimum absolute atomic E-state index is 0.127. The van der Waals surface area contributed by atoms with Crippen molar-refractivity contribution in [3.63, 3.8) is 0 Å². The Bertz CT molecular complexity index is 814. The summed E-state index contributed by atoms with van der Waals surface area (Å²) in [7, 11) is 0. The third-order valence-corrected chi connectivity index (χ3v) is 4.66. The minimum Gasteiger partial charge on any atom is -0.480 e. The highest BCUT2D eigenvalue weighted by atomic mass is 16.4. The van der Waals surface area contributed by atoms with Gasteiger partial charge in [-0.15, -0.1) is 0 Å². The van der Waals surface area contributed by atoms with E-state index in [9.17, 15) is 24.0 Å². The van der Waals surface area contributed by atoms with Gasteiger partial charge in [-0.1, -0.05) is 44.2 Å². The van der Waals surface area contributed by atoms with Gasteiger partial charge in [-0.3, -0.25) is 24.0 Å². The molecule has 0 aliphatic rings. The molecular weight excluding hydrogens is 418 g/mol. The zero-order valence-electron chi connectivity index (χ0n) is 18.2. The second-order valence-electron chi connectivity index (χ2n) is 7.70. The summed E-state index contributed by atoms with van der Waals surface area (Å²) in [6.45, 7) is 2.88. The first-order chi connectivity index (χ1) is 15.0. The third-order valence-electron chi connectivity index (χ3n) is 4.66. The SMILES string of the molecule is CC(C)C(N)C(=O)NC(Cc1ccccc1)C(=O)NC(CCC(N)=O)C(=O)NCC(=O)O. The van der Waals surface area contributed by atoms with E-state index in [0.717, 1.165) is 5.56 Å². The number of carboxylic acids is 1. The Morgan fingerprint density at radius 2 is 1.53 bits per heavy atom. The molecule has 0 aliphatic heterocycles. The van der Waals surface area contributed by atoms with Crippen molar-refractivity contribution < 1.29 is 29.1 Å². The van der Waals surface area contributed by atoms with Crippen molar-refractivity contribution in [1.29, 1.82) is 0 Å². The molecular formula is C21H31N5O6. The van der Waals surface area contributed by atoms with Crippen LogP contribution in [0.4, 0.5) is 0 Å². The van der Waals surface area contributed by atoms with Gasteiger partial charge in [0.15, 0.2) is 0 Å². The number of nitrogens with two attached hydrogens (primary N) is 2. The third kappa shape index (κ3) is 9.56. The van der Waals surface area contributed by atoms with Crippen LogP contribution in [0.3, 0.4) is 0 Å². The molecule has 176 valence electrons. The van der Waals surface area contributed by atoms with Crippen LogP contribution in [0.25, 0.3) is 0 Å². The lowest BCUT2D eigenvalue weighted by Crippen LogP contribution is -2.57. The van der Waals surface area contributed by atoms with E-state index in [4.69, 9.17) is 16.6 Å². The summed E-state index contributed by atoms with van der Waals surface area (Å²) < 4.78 is 0. The van der Waals surface area contributed by atoms with Gasteiger partial charge >= 0.3 is 5.97 Å². The highest BCUT2D eigenvalue weighted by Gasteiger charge is 2.29. The molecule has 4 amide bonds. The molecule has 1 aromatic rings. The largest absolute Gasteiger partial charge is 0.480 e. The summed E-state index contributed by atoms with van der Waals surface area (Å²) in [4.78, 5) is 59.7.